The molecule has 0 radical (unpaired) electrons. The second-order valence-corrected chi connectivity index (χ2v) is 6.68. The van der Waals surface area contributed by atoms with Gasteiger partial charge in [0, 0.05) is 23.1 Å². The van der Waals surface area contributed by atoms with E-state index in [2.05, 4.69) is 36.5 Å². The minimum absolute atomic E-state index is 0.00287. The van der Waals surface area contributed by atoms with E-state index in [1.54, 1.807) is 36.0 Å². The highest BCUT2D eigenvalue weighted by Gasteiger charge is 2.03. The third-order valence-corrected chi connectivity index (χ3v) is 4.35. The van der Waals surface area contributed by atoms with Gasteiger partial charge in [0.15, 0.2) is 6.61 Å². The number of hydrogen-bond acceptors (Lipinski definition) is 3. The Morgan fingerprint density at radius 1 is 1.22 bits per heavy atom. The number of ether oxygens (including phenoxy) is 1. The molecule has 2 rings (SSSR count). The molecule has 0 unspecified atom stereocenters. The molecule has 0 spiro atoms. The fraction of sp³-hybridized carbons (Fsp3) is 0.278. The molecule has 3 nitrogen and oxygen atoms in total. The highest BCUT2D eigenvalue weighted by molar-refractivity contribution is 7.98. The molecule has 2 aromatic rings. The molecular weight excluding hydrogens is 330 g/mol. The molecule has 0 saturated carbocycles. The molecule has 0 fully saturated rings. The fourth-order valence-electron chi connectivity index (χ4n) is 2.01. The molecule has 0 aliphatic rings. The van der Waals surface area contributed by atoms with Crippen molar-refractivity contribution >= 4 is 29.3 Å². The first kappa shape index (κ1) is 17.7. The maximum atomic E-state index is 11.7. The zero-order valence-corrected chi connectivity index (χ0v) is 14.6. The minimum atomic E-state index is -0.124. The number of carbonyl (C=O) groups is 1. The lowest BCUT2D eigenvalue weighted by Crippen LogP contribution is -2.30. The van der Waals surface area contributed by atoms with E-state index >= 15 is 0 Å². The van der Waals surface area contributed by atoms with Gasteiger partial charge in [-0.25, -0.2) is 0 Å². The smallest absolute Gasteiger partial charge is 0.257 e. The minimum Gasteiger partial charge on any atom is -0.484 e. The van der Waals surface area contributed by atoms with Crippen molar-refractivity contribution in [3.05, 3.63) is 64.7 Å². The van der Waals surface area contributed by atoms with E-state index in [-0.39, 0.29) is 12.5 Å². The van der Waals surface area contributed by atoms with Gasteiger partial charge in [-0.1, -0.05) is 47.5 Å². The van der Waals surface area contributed by atoms with Crippen molar-refractivity contribution in [3.63, 3.8) is 0 Å². The molecule has 122 valence electrons. The SMILES string of the molecule is Cc1cccc(CSCCNC(=O)COc2cccc(Cl)c2)c1. The maximum Gasteiger partial charge on any atom is 0.257 e. The monoisotopic (exact) mass is 349 g/mol. The lowest BCUT2D eigenvalue weighted by atomic mass is 10.2. The molecule has 5 heteroatoms. The molecule has 1 amide bonds. The number of halogens is 1. The summed E-state index contributed by atoms with van der Waals surface area (Å²) in [5, 5.41) is 3.44. The van der Waals surface area contributed by atoms with Gasteiger partial charge in [-0.3, -0.25) is 4.79 Å². The van der Waals surface area contributed by atoms with E-state index in [1.165, 1.54) is 11.1 Å². The Morgan fingerprint density at radius 2 is 2.04 bits per heavy atom. The summed E-state index contributed by atoms with van der Waals surface area (Å²) in [5.41, 5.74) is 2.58. The van der Waals surface area contributed by atoms with Crippen LogP contribution in [0.25, 0.3) is 0 Å². The van der Waals surface area contributed by atoms with E-state index in [1.807, 2.05) is 0 Å². The second kappa shape index (κ2) is 9.48. The summed E-state index contributed by atoms with van der Waals surface area (Å²) < 4.78 is 5.38. The van der Waals surface area contributed by atoms with Crippen molar-refractivity contribution in [2.75, 3.05) is 18.9 Å². The molecule has 1 N–H and O–H groups in total. The molecule has 23 heavy (non-hydrogen) atoms. The fourth-order valence-corrected chi connectivity index (χ4v) is 3.00. The largest absolute Gasteiger partial charge is 0.484 e. The summed E-state index contributed by atoms with van der Waals surface area (Å²) in [4.78, 5) is 11.7. The van der Waals surface area contributed by atoms with Crippen molar-refractivity contribution in [1.29, 1.82) is 0 Å². The highest BCUT2D eigenvalue weighted by atomic mass is 35.5. The van der Waals surface area contributed by atoms with Crippen LogP contribution >= 0.6 is 23.4 Å². The molecule has 0 bridgehead atoms. The quantitative estimate of drug-likeness (QED) is 0.730. The van der Waals surface area contributed by atoms with Crippen LogP contribution in [-0.4, -0.2) is 24.8 Å². The second-order valence-electron chi connectivity index (χ2n) is 5.14. The number of aryl methyl sites for hydroxylation is 1. The number of rotatable bonds is 8. The Kier molecular flexibility index (Phi) is 7.30. The molecule has 2 aromatic carbocycles. The topological polar surface area (TPSA) is 38.3 Å². The summed E-state index contributed by atoms with van der Waals surface area (Å²) in [7, 11) is 0. The van der Waals surface area contributed by atoms with Gasteiger partial charge in [0.2, 0.25) is 0 Å². The summed E-state index contributed by atoms with van der Waals surface area (Å²) in [5.74, 6) is 2.30. The van der Waals surface area contributed by atoms with Crippen LogP contribution in [0.15, 0.2) is 48.5 Å². The van der Waals surface area contributed by atoms with E-state index in [9.17, 15) is 4.79 Å². The molecule has 0 aliphatic carbocycles. The van der Waals surface area contributed by atoms with Crippen LogP contribution in [-0.2, 0) is 10.5 Å². The summed E-state index contributed by atoms with van der Waals surface area (Å²) in [6, 6.07) is 15.5. The van der Waals surface area contributed by atoms with Gasteiger partial charge in [-0.15, -0.1) is 0 Å². The summed E-state index contributed by atoms with van der Waals surface area (Å²) >= 11 is 7.66. The standard InChI is InChI=1S/C18H20ClNO2S/c1-14-4-2-5-15(10-14)13-23-9-8-20-18(21)12-22-17-7-3-6-16(19)11-17/h2-7,10-11H,8-9,12-13H2,1H3,(H,20,21). The Bertz CT molecular complexity index is 648. The first-order chi connectivity index (χ1) is 11.1. The Balaban J connectivity index is 1.58. The van der Waals surface area contributed by atoms with E-state index in [0.29, 0.717) is 17.3 Å². The van der Waals surface area contributed by atoms with Crippen LogP contribution in [0.5, 0.6) is 5.75 Å². The maximum absolute atomic E-state index is 11.7. The number of amides is 1. The van der Waals surface area contributed by atoms with Crippen LogP contribution in [0.1, 0.15) is 11.1 Å². The molecule has 0 atom stereocenters. The summed E-state index contributed by atoms with van der Waals surface area (Å²) in [6.07, 6.45) is 0. The van der Waals surface area contributed by atoms with Crippen molar-refractivity contribution < 1.29 is 9.53 Å². The third-order valence-electron chi connectivity index (χ3n) is 3.09. The highest BCUT2D eigenvalue weighted by Crippen LogP contribution is 2.17. The Hall–Kier alpha value is -1.65. The molecule has 0 aromatic heterocycles. The zero-order valence-electron chi connectivity index (χ0n) is 13.0. The van der Waals surface area contributed by atoms with Crippen molar-refractivity contribution in [1.82, 2.24) is 5.32 Å². The number of carbonyl (C=O) groups excluding carboxylic acids is 1. The Labute approximate surface area is 146 Å². The van der Waals surface area contributed by atoms with Crippen LogP contribution in [0, 0.1) is 6.92 Å². The molecular formula is C18H20ClNO2S. The van der Waals surface area contributed by atoms with Crippen molar-refractivity contribution in [2.45, 2.75) is 12.7 Å². The summed E-state index contributed by atoms with van der Waals surface area (Å²) in [6.45, 7) is 2.73. The number of benzene rings is 2. The predicted molar refractivity (Wildman–Crippen MR) is 97.3 cm³/mol. The van der Waals surface area contributed by atoms with Gasteiger partial charge in [0.05, 0.1) is 0 Å². The van der Waals surface area contributed by atoms with E-state index in [0.717, 1.165) is 11.5 Å². The lowest BCUT2D eigenvalue weighted by molar-refractivity contribution is -0.122. The average Bonchev–Trinajstić information content (AvgIpc) is 2.53. The predicted octanol–water partition coefficient (Wildman–Crippen LogP) is 4.08. The third kappa shape index (κ3) is 6.97. The molecule has 0 saturated heterocycles. The number of thioether (sulfide) groups is 1. The van der Waals surface area contributed by atoms with Crippen molar-refractivity contribution in [2.24, 2.45) is 0 Å². The van der Waals surface area contributed by atoms with Crippen LogP contribution in [0.3, 0.4) is 0 Å². The van der Waals surface area contributed by atoms with Gasteiger partial charge in [-0.2, -0.15) is 11.8 Å². The van der Waals surface area contributed by atoms with Gasteiger partial charge >= 0.3 is 0 Å². The van der Waals surface area contributed by atoms with Gasteiger partial charge < -0.3 is 10.1 Å². The van der Waals surface area contributed by atoms with Crippen LogP contribution in [0.2, 0.25) is 5.02 Å². The van der Waals surface area contributed by atoms with E-state index in [4.69, 9.17) is 16.3 Å². The van der Waals surface area contributed by atoms with Gasteiger partial charge in [0.25, 0.3) is 5.91 Å². The van der Waals surface area contributed by atoms with Gasteiger partial charge in [-0.05, 0) is 30.7 Å². The first-order valence-corrected chi connectivity index (χ1v) is 8.95. The molecule has 0 aliphatic heterocycles. The lowest BCUT2D eigenvalue weighted by Gasteiger charge is -2.08. The zero-order chi connectivity index (χ0) is 16.5. The number of hydrogen-bond donors (Lipinski definition) is 1. The van der Waals surface area contributed by atoms with Crippen LogP contribution < -0.4 is 10.1 Å². The van der Waals surface area contributed by atoms with E-state index < -0.39 is 0 Å². The average molecular weight is 350 g/mol. The van der Waals surface area contributed by atoms with Crippen molar-refractivity contribution in [3.8, 4) is 5.75 Å². The van der Waals surface area contributed by atoms with Gasteiger partial charge in [0.1, 0.15) is 5.75 Å². The Morgan fingerprint density at radius 3 is 2.83 bits per heavy atom. The molecule has 0 heterocycles. The normalized spacial score (nSPS) is 10.3. The first-order valence-electron chi connectivity index (χ1n) is 7.42. The van der Waals surface area contributed by atoms with Crippen LogP contribution in [0.4, 0.5) is 0 Å². The number of nitrogens with one attached hydrogen (secondary N) is 1.